The lowest BCUT2D eigenvalue weighted by Gasteiger charge is -1.99. The van der Waals surface area contributed by atoms with E-state index in [4.69, 9.17) is 16.7 Å². The minimum atomic E-state index is -0.218. The SMILES string of the molecule is CCC(O)C/C=C/Cl. The standard InChI is InChI=1S/C6H11ClO/c1-2-6(8)4-3-5-7/h3,5-6,8H,2,4H2,1H3/b5-3+. The van der Waals surface area contributed by atoms with E-state index in [-0.39, 0.29) is 6.10 Å². The quantitative estimate of drug-likeness (QED) is 0.625. The zero-order chi connectivity index (χ0) is 6.41. The van der Waals surface area contributed by atoms with Crippen LogP contribution >= 0.6 is 11.6 Å². The van der Waals surface area contributed by atoms with E-state index in [1.54, 1.807) is 6.08 Å². The van der Waals surface area contributed by atoms with Crippen molar-refractivity contribution in [2.24, 2.45) is 0 Å². The first kappa shape index (κ1) is 7.99. The van der Waals surface area contributed by atoms with E-state index in [9.17, 15) is 0 Å². The molecule has 0 saturated heterocycles. The summed E-state index contributed by atoms with van der Waals surface area (Å²) in [5.41, 5.74) is 1.43. The van der Waals surface area contributed by atoms with Crippen molar-refractivity contribution in [3.05, 3.63) is 11.6 Å². The van der Waals surface area contributed by atoms with Gasteiger partial charge in [0.05, 0.1) is 6.10 Å². The fourth-order valence-corrected chi connectivity index (χ4v) is 0.478. The van der Waals surface area contributed by atoms with E-state index in [1.807, 2.05) is 6.92 Å². The number of aliphatic hydroxyl groups is 1. The van der Waals surface area contributed by atoms with Crippen molar-refractivity contribution >= 4 is 11.6 Å². The Hall–Kier alpha value is -0.0100. The second-order valence-corrected chi connectivity index (χ2v) is 1.91. The highest BCUT2D eigenvalue weighted by atomic mass is 35.5. The van der Waals surface area contributed by atoms with Crippen LogP contribution in [0.3, 0.4) is 0 Å². The summed E-state index contributed by atoms with van der Waals surface area (Å²) < 4.78 is 0. The molecule has 0 aromatic carbocycles. The summed E-state index contributed by atoms with van der Waals surface area (Å²) in [5, 5.41) is 8.88. The fourth-order valence-electron chi connectivity index (χ4n) is 0.375. The lowest BCUT2D eigenvalue weighted by molar-refractivity contribution is 0.174. The van der Waals surface area contributed by atoms with E-state index in [0.29, 0.717) is 6.42 Å². The van der Waals surface area contributed by atoms with Crippen LogP contribution in [0, 0.1) is 0 Å². The molecule has 0 aliphatic heterocycles. The first-order valence-electron chi connectivity index (χ1n) is 2.74. The van der Waals surface area contributed by atoms with Gasteiger partial charge in [0, 0.05) is 5.54 Å². The van der Waals surface area contributed by atoms with Gasteiger partial charge in [0.2, 0.25) is 0 Å². The van der Waals surface area contributed by atoms with E-state index in [2.05, 4.69) is 0 Å². The second-order valence-electron chi connectivity index (χ2n) is 1.66. The minimum Gasteiger partial charge on any atom is -0.393 e. The maximum Gasteiger partial charge on any atom is 0.0572 e. The van der Waals surface area contributed by atoms with Gasteiger partial charge < -0.3 is 5.11 Å². The molecular weight excluding hydrogens is 124 g/mol. The summed E-state index contributed by atoms with van der Waals surface area (Å²) in [6, 6.07) is 0. The van der Waals surface area contributed by atoms with Crippen LogP contribution in [0.15, 0.2) is 11.6 Å². The summed E-state index contributed by atoms with van der Waals surface area (Å²) in [6.45, 7) is 1.94. The first-order chi connectivity index (χ1) is 3.81. The maximum atomic E-state index is 8.88. The van der Waals surface area contributed by atoms with Gasteiger partial charge in [0.1, 0.15) is 0 Å². The van der Waals surface area contributed by atoms with Crippen LogP contribution in [0.2, 0.25) is 0 Å². The average molecular weight is 135 g/mol. The van der Waals surface area contributed by atoms with Crippen LogP contribution in [0.4, 0.5) is 0 Å². The zero-order valence-electron chi connectivity index (χ0n) is 4.97. The molecule has 0 saturated carbocycles. The predicted molar refractivity (Wildman–Crippen MR) is 35.9 cm³/mol. The molecule has 0 rings (SSSR count). The highest BCUT2D eigenvalue weighted by Crippen LogP contribution is 1.97. The Balaban J connectivity index is 3.10. The summed E-state index contributed by atoms with van der Waals surface area (Å²) in [5.74, 6) is 0. The lowest BCUT2D eigenvalue weighted by Crippen LogP contribution is -2.00. The van der Waals surface area contributed by atoms with Crippen molar-refractivity contribution in [2.75, 3.05) is 0 Å². The Bertz CT molecular complexity index is 70.9. The van der Waals surface area contributed by atoms with E-state index < -0.39 is 0 Å². The molecule has 0 aliphatic rings. The summed E-state index contributed by atoms with van der Waals surface area (Å²) in [7, 11) is 0. The molecule has 0 aromatic rings. The molecular formula is C6H11ClO. The molecule has 1 N–H and O–H groups in total. The van der Waals surface area contributed by atoms with Crippen LogP contribution in [-0.2, 0) is 0 Å². The van der Waals surface area contributed by atoms with Gasteiger partial charge >= 0.3 is 0 Å². The highest BCUT2D eigenvalue weighted by Gasteiger charge is 1.93. The molecule has 2 heteroatoms. The topological polar surface area (TPSA) is 20.2 Å². The highest BCUT2D eigenvalue weighted by molar-refractivity contribution is 6.25. The van der Waals surface area contributed by atoms with Gasteiger partial charge in [-0.1, -0.05) is 24.6 Å². The largest absolute Gasteiger partial charge is 0.393 e. The Morgan fingerprint density at radius 1 is 1.75 bits per heavy atom. The number of hydrogen-bond acceptors (Lipinski definition) is 1. The summed E-state index contributed by atoms with van der Waals surface area (Å²) in [6.07, 6.45) is 2.99. The third-order valence-corrected chi connectivity index (χ3v) is 1.15. The second kappa shape index (κ2) is 5.13. The molecule has 1 atom stereocenters. The van der Waals surface area contributed by atoms with Crippen LogP contribution in [0.5, 0.6) is 0 Å². The predicted octanol–water partition coefficient (Wildman–Crippen LogP) is 1.90. The number of aliphatic hydroxyl groups excluding tert-OH is 1. The minimum absolute atomic E-state index is 0.218. The van der Waals surface area contributed by atoms with E-state index in [0.717, 1.165) is 6.42 Å². The van der Waals surface area contributed by atoms with Crippen molar-refractivity contribution < 1.29 is 5.11 Å². The molecule has 0 radical (unpaired) electrons. The molecule has 48 valence electrons. The Kier molecular flexibility index (Phi) is 5.13. The zero-order valence-corrected chi connectivity index (χ0v) is 5.73. The molecule has 0 aromatic heterocycles. The van der Waals surface area contributed by atoms with Crippen LogP contribution in [0.1, 0.15) is 19.8 Å². The van der Waals surface area contributed by atoms with Gasteiger partial charge in [0.15, 0.2) is 0 Å². The molecule has 0 fully saturated rings. The van der Waals surface area contributed by atoms with Gasteiger partial charge in [-0.15, -0.1) is 0 Å². The maximum absolute atomic E-state index is 8.88. The van der Waals surface area contributed by atoms with Gasteiger partial charge in [-0.3, -0.25) is 0 Å². The molecule has 1 nitrogen and oxygen atoms in total. The van der Waals surface area contributed by atoms with Gasteiger partial charge in [-0.05, 0) is 12.8 Å². The van der Waals surface area contributed by atoms with Crippen molar-refractivity contribution in [3.8, 4) is 0 Å². The summed E-state index contributed by atoms with van der Waals surface area (Å²) in [4.78, 5) is 0. The van der Waals surface area contributed by atoms with E-state index in [1.165, 1.54) is 5.54 Å². The molecule has 0 bridgehead atoms. The molecule has 0 heterocycles. The van der Waals surface area contributed by atoms with Crippen molar-refractivity contribution in [1.29, 1.82) is 0 Å². The van der Waals surface area contributed by atoms with Crippen LogP contribution in [0.25, 0.3) is 0 Å². The smallest absolute Gasteiger partial charge is 0.0572 e. The molecule has 1 unspecified atom stereocenters. The molecule has 8 heavy (non-hydrogen) atoms. The third kappa shape index (κ3) is 4.16. The van der Waals surface area contributed by atoms with Crippen molar-refractivity contribution in [3.63, 3.8) is 0 Å². The lowest BCUT2D eigenvalue weighted by atomic mass is 10.2. The van der Waals surface area contributed by atoms with Gasteiger partial charge in [-0.25, -0.2) is 0 Å². The van der Waals surface area contributed by atoms with Crippen molar-refractivity contribution in [2.45, 2.75) is 25.9 Å². The van der Waals surface area contributed by atoms with Crippen LogP contribution < -0.4 is 0 Å². The summed E-state index contributed by atoms with van der Waals surface area (Å²) >= 11 is 5.21. The van der Waals surface area contributed by atoms with E-state index >= 15 is 0 Å². The normalized spacial score (nSPS) is 14.9. The Labute approximate surface area is 55.0 Å². The first-order valence-corrected chi connectivity index (χ1v) is 3.18. The third-order valence-electron chi connectivity index (χ3n) is 0.968. The van der Waals surface area contributed by atoms with Gasteiger partial charge in [-0.2, -0.15) is 0 Å². The molecule has 0 spiro atoms. The average Bonchev–Trinajstić information content (AvgIpc) is 1.83. The van der Waals surface area contributed by atoms with Crippen molar-refractivity contribution in [1.82, 2.24) is 0 Å². The molecule has 0 amide bonds. The number of rotatable bonds is 3. The number of halogens is 1. The Morgan fingerprint density at radius 3 is 2.75 bits per heavy atom. The van der Waals surface area contributed by atoms with Crippen LogP contribution in [-0.4, -0.2) is 11.2 Å². The fraction of sp³-hybridized carbons (Fsp3) is 0.667. The van der Waals surface area contributed by atoms with Gasteiger partial charge in [0.25, 0.3) is 0 Å². The number of hydrogen-bond donors (Lipinski definition) is 1. The Morgan fingerprint density at radius 2 is 2.38 bits per heavy atom. The molecule has 0 aliphatic carbocycles. The monoisotopic (exact) mass is 134 g/mol.